The Labute approximate surface area is 87.6 Å². The molecule has 2 heterocycles. The largest absolute Gasteiger partial charge is 0.508 e. The van der Waals surface area contributed by atoms with Crippen molar-refractivity contribution in [3.63, 3.8) is 0 Å². The summed E-state index contributed by atoms with van der Waals surface area (Å²) in [6, 6.07) is 7.24. The molecule has 2 aliphatic rings. The van der Waals surface area contributed by atoms with Gasteiger partial charge in [0.1, 0.15) is 17.9 Å². The minimum Gasteiger partial charge on any atom is -0.508 e. The van der Waals surface area contributed by atoms with Gasteiger partial charge in [-0.2, -0.15) is 0 Å². The van der Waals surface area contributed by atoms with E-state index in [1.54, 1.807) is 18.2 Å². The molecule has 0 aliphatic carbocycles. The van der Waals surface area contributed by atoms with Gasteiger partial charge >= 0.3 is 0 Å². The van der Waals surface area contributed by atoms with E-state index < -0.39 is 0 Å². The maximum absolute atomic E-state index is 9.35. The average Bonchev–Trinajstić information content (AvgIpc) is 2.76. The number of nitrogens with zero attached hydrogens (tertiary/aromatic N) is 1. The van der Waals surface area contributed by atoms with Gasteiger partial charge in [0, 0.05) is 18.7 Å². The molecule has 15 heavy (non-hydrogen) atoms. The standard InChI is InChI=1S/C11H12N2O2/c14-8-3-1-2-7(4-8)11-13-9-5-12-6-10(9)15-11/h1-4,9-10,12,14H,5-6H2. The van der Waals surface area contributed by atoms with Crippen molar-refractivity contribution in [2.75, 3.05) is 13.1 Å². The molecule has 78 valence electrons. The molecule has 2 unspecified atom stereocenters. The van der Waals surface area contributed by atoms with Gasteiger partial charge in [0.05, 0.1) is 0 Å². The minimum absolute atomic E-state index is 0.169. The first-order chi connectivity index (χ1) is 7.33. The molecule has 2 N–H and O–H groups in total. The quantitative estimate of drug-likeness (QED) is 0.700. The molecule has 0 radical (unpaired) electrons. The molecule has 4 nitrogen and oxygen atoms in total. The molecule has 0 aromatic heterocycles. The van der Waals surface area contributed by atoms with Crippen molar-refractivity contribution in [2.45, 2.75) is 12.1 Å². The van der Waals surface area contributed by atoms with E-state index in [-0.39, 0.29) is 17.9 Å². The maximum Gasteiger partial charge on any atom is 0.217 e. The van der Waals surface area contributed by atoms with Gasteiger partial charge in [-0.15, -0.1) is 0 Å². The van der Waals surface area contributed by atoms with Crippen LogP contribution >= 0.6 is 0 Å². The third-order valence-electron chi connectivity index (χ3n) is 2.77. The van der Waals surface area contributed by atoms with Crippen LogP contribution in [0.3, 0.4) is 0 Å². The summed E-state index contributed by atoms with van der Waals surface area (Å²) in [5.41, 5.74) is 0.851. The highest BCUT2D eigenvalue weighted by molar-refractivity contribution is 5.95. The number of phenols is 1. The van der Waals surface area contributed by atoms with Crippen LogP contribution in [-0.2, 0) is 4.74 Å². The number of aliphatic imine (C=N–C) groups is 1. The maximum atomic E-state index is 9.35. The zero-order chi connectivity index (χ0) is 10.3. The van der Waals surface area contributed by atoms with Crippen LogP contribution in [0.25, 0.3) is 0 Å². The molecule has 1 saturated heterocycles. The second kappa shape index (κ2) is 3.24. The van der Waals surface area contributed by atoms with Gasteiger partial charge < -0.3 is 15.2 Å². The van der Waals surface area contributed by atoms with Gasteiger partial charge in [0.2, 0.25) is 5.90 Å². The van der Waals surface area contributed by atoms with Crippen molar-refractivity contribution in [3.8, 4) is 5.75 Å². The van der Waals surface area contributed by atoms with Crippen molar-refractivity contribution in [1.82, 2.24) is 5.32 Å². The van der Waals surface area contributed by atoms with Gasteiger partial charge in [0.15, 0.2) is 0 Å². The first-order valence-corrected chi connectivity index (χ1v) is 5.07. The lowest BCUT2D eigenvalue weighted by Crippen LogP contribution is -2.20. The van der Waals surface area contributed by atoms with Crippen LogP contribution in [0.1, 0.15) is 5.56 Å². The molecule has 1 fully saturated rings. The third-order valence-corrected chi connectivity index (χ3v) is 2.77. The number of benzene rings is 1. The summed E-state index contributed by atoms with van der Waals surface area (Å²) in [6.45, 7) is 1.74. The van der Waals surface area contributed by atoms with Gasteiger partial charge in [0.25, 0.3) is 0 Å². The summed E-state index contributed by atoms with van der Waals surface area (Å²) < 4.78 is 5.70. The second-order valence-corrected chi connectivity index (χ2v) is 3.87. The highest BCUT2D eigenvalue weighted by Crippen LogP contribution is 2.22. The first-order valence-electron chi connectivity index (χ1n) is 5.07. The fourth-order valence-corrected chi connectivity index (χ4v) is 2.00. The number of rotatable bonds is 1. The highest BCUT2D eigenvalue weighted by Gasteiger charge is 2.35. The Balaban J connectivity index is 1.90. The van der Waals surface area contributed by atoms with Crippen molar-refractivity contribution < 1.29 is 9.84 Å². The Morgan fingerprint density at radius 2 is 2.33 bits per heavy atom. The highest BCUT2D eigenvalue weighted by atomic mass is 16.5. The third kappa shape index (κ3) is 1.47. The monoisotopic (exact) mass is 204 g/mol. The lowest BCUT2D eigenvalue weighted by molar-refractivity contribution is 0.225. The molecule has 3 rings (SSSR count). The summed E-state index contributed by atoms with van der Waals surface area (Å²) in [4.78, 5) is 4.48. The Morgan fingerprint density at radius 1 is 1.40 bits per heavy atom. The summed E-state index contributed by atoms with van der Waals surface area (Å²) >= 11 is 0. The summed E-state index contributed by atoms with van der Waals surface area (Å²) in [7, 11) is 0. The molecule has 4 heteroatoms. The van der Waals surface area contributed by atoms with E-state index in [0.717, 1.165) is 18.7 Å². The molecule has 0 saturated carbocycles. The molecular formula is C11H12N2O2. The number of aromatic hydroxyl groups is 1. The minimum atomic E-state index is 0.169. The molecular weight excluding hydrogens is 192 g/mol. The van der Waals surface area contributed by atoms with E-state index in [9.17, 15) is 5.11 Å². The molecule has 1 aromatic rings. The molecule has 0 amide bonds. The number of ether oxygens (including phenoxy) is 1. The van der Waals surface area contributed by atoms with E-state index in [0.29, 0.717) is 5.90 Å². The SMILES string of the molecule is Oc1cccc(C2=NC3CNCC3O2)c1. The number of fused-ring (bicyclic) bond motifs is 1. The predicted octanol–water partition coefficient (Wildman–Crippen LogP) is 0.509. The van der Waals surface area contributed by atoms with E-state index in [4.69, 9.17) is 4.74 Å². The number of nitrogens with one attached hydrogen (secondary N) is 1. The van der Waals surface area contributed by atoms with Crippen molar-refractivity contribution in [1.29, 1.82) is 0 Å². The van der Waals surface area contributed by atoms with E-state index >= 15 is 0 Å². The van der Waals surface area contributed by atoms with Gasteiger partial charge in [-0.05, 0) is 18.2 Å². The molecule has 0 bridgehead atoms. The normalized spacial score (nSPS) is 28.4. The van der Waals surface area contributed by atoms with Crippen LogP contribution in [0.4, 0.5) is 0 Å². The molecule has 2 atom stereocenters. The Kier molecular flexibility index (Phi) is 1.89. The summed E-state index contributed by atoms with van der Waals surface area (Å²) in [5.74, 6) is 0.899. The average molecular weight is 204 g/mol. The van der Waals surface area contributed by atoms with Gasteiger partial charge in [-0.1, -0.05) is 6.07 Å². The lowest BCUT2D eigenvalue weighted by Gasteiger charge is -2.07. The van der Waals surface area contributed by atoms with Crippen LogP contribution in [0, 0.1) is 0 Å². The van der Waals surface area contributed by atoms with Crippen LogP contribution in [0.2, 0.25) is 0 Å². The summed E-state index contributed by atoms with van der Waals surface area (Å²) in [5, 5.41) is 12.6. The predicted molar refractivity (Wildman–Crippen MR) is 56.2 cm³/mol. The van der Waals surface area contributed by atoms with Crippen LogP contribution in [0.5, 0.6) is 5.75 Å². The summed E-state index contributed by atoms with van der Waals surface area (Å²) in [6.07, 6.45) is 0.169. The molecule has 1 aromatic carbocycles. The lowest BCUT2D eigenvalue weighted by atomic mass is 10.2. The molecule has 0 spiro atoms. The fraction of sp³-hybridized carbons (Fsp3) is 0.364. The van der Waals surface area contributed by atoms with E-state index in [2.05, 4.69) is 10.3 Å². The van der Waals surface area contributed by atoms with E-state index in [1.807, 2.05) is 6.07 Å². The van der Waals surface area contributed by atoms with Crippen molar-refractivity contribution >= 4 is 5.90 Å². The van der Waals surface area contributed by atoms with Crippen molar-refractivity contribution in [3.05, 3.63) is 29.8 Å². The Bertz CT molecular complexity index is 417. The molecule has 2 aliphatic heterocycles. The van der Waals surface area contributed by atoms with Crippen LogP contribution < -0.4 is 5.32 Å². The Morgan fingerprint density at radius 3 is 3.13 bits per heavy atom. The zero-order valence-electron chi connectivity index (χ0n) is 8.18. The fourth-order valence-electron chi connectivity index (χ4n) is 2.00. The topological polar surface area (TPSA) is 53.9 Å². The number of hydrogen-bond donors (Lipinski definition) is 2. The van der Waals surface area contributed by atoms with Gasteiger partial charge in [-0.3, -0.25) is 0 Å². The number of hydrogen-bond acceptors (Lipinski definition) is 4. The Hall–Kier alpha value is -1.55. The van der Waals surface area contributed by atoms with E-state index in [1.165, 1.54) is 0 Å². The van der Waals surface area contributed by atoms with Gasteiger partial charge in [-0.25, -0.2) is 4.99 Å². The van der Waals surface area contributed by atoms with Crippen LogP contribution in [0.15, 0.2) is 29.3 Å². The van der Waals surface area contributed by atoms with Crippen molar-refractivity contribution in [2.24, 2.45) is 4.99 Å². The second-order valence-electron chi connectivity index (χ2n) is 3.87. The number of phenolic OH excluding ortho intramolecular Hbond substituents is 1. The zero-order valence-corrected chi connectivity index (χ0v) is 8.18. The van der Waals surface area contributed by atoms with Crippen LogP contribution in [-0.4, -0.2) is 36.2 Å². The smallest absolute Gasteiger partial charge is 0.217 e. The first kappa shape index (κ1) is 8.73.